The van der Waals surface area contributed by atoms with E-state index in [-0.39, 0.29) is 5.69 Å². The minimum atomic E-state index is -0.954. The number of fused-ring (bicyclic) bond motifs is 1. The molecule has 1 aliphatic rings. The van der Waals surface area contributed by atoms with E-state index < -0.39 is 5.97 Å². The van der Waals surface area contributed by atoms with Crippen LogP contribution in [0.5, 0.6) is 0 Å². The molecule has 0 amide bonds. The largest absolute Gasteiger partial charge is 0.476 e. The number of pyridine rings is 1. The summed E-state index contributed by atoms with van der Waals surface area (Å²) in [5, 5.41) is 12.7. The second-order valence-electron chi connectivity index (χ2n) is 4.60. The third-order valence-electron chi connectivity index (χ3n) is 3.23. The number of aromatic carboxylic acids is 1. The topological polar surface area (TPSA) is 66.6 Å². The predicted octanol–water partition coefficient (Wildman–Crippen LogP) is 2.34. The van der Waals surface area contributed by atoms with Gasteiger partial charge in [-0.25, -0.2) is 9.78 Å². The van der Waals surface area contributed by atoms with E-state index in [0.717, 1.165) is 18.6 Å². The Morgan fingerprint density at radius 2 is 2.42 bits per heavy atom. The van der Waals surface area contributed by atoms with Crippen molar-refractivity contribution in [1.82, 2.24) is 9.38 Å². The van der Waals surface area contributed by atoms with E-state index in [2.05, 4.69) is 10.3 Å². The van der Waals surface area contributed by atoms with Crippen LogP contribution in [0.2, 0.25) is 0 Å². The minimum Gasteiger partial charge on any atom is -0.476 e. The van der Waals surface area contributed by atoms with Crippen molar-refractivity contribution < 1.29 is 9.90 Å². The van der Waals surface area contributed by atoms with Crippen molar-refractivity contribution in [2.45, 2.75) is 18.9 Å². The van der Waals surface area contributed by atoms with Gasteiger partial charge in [-0.3, -0.25) is 4.40 Å². The number of nitrogens with one attached hydrogen (secondary N) is 1. The molecule has 1 atom stereocenters. The van der Waals surface area contributed by atoms with Gasteiger partial charge >= 0.3 is 5.97 Å². The molecule has 3 heterocycles. The number of carboxylic acid groups (broad SMARTS) is 1. The van der Waals surface area contributed by atoms with E-state index in [4.69, 9.17) is 0 Å². The molecule has 3 rings (SSSR count). The van der Waals surface area contributed by atoms with Crippen molar-refractivity contribution in [1.29, 1.82) is 0 Å². The molecule has 5 nitrogen and oxygen atoms in total. The van der Waals surface area contributed by atoms with E-state index in [9.17, 15) is 9.90 Å². The van der Waals surface area contributed by atoms with Crippen LogP contribution in [0.3, 0.4) is 0 Å². The van der Waals surface area contributed by atoms with Crippen LogP contribution in [0.1, 0.15) is 23.3 Å². The number of anilines is 1. The van der Waals surface area contributed by atoms with E-state index in [1.807, 2.05) is 23.9 Å². The standard InChI is InChI=1S/C13H15N3O2S/c17-13(18)11-12(14-9-4-3-7-19-8-9)15-10-5-1-2-6-16(10)11/h1-2,5-6,9,14H,3-4,7-8H2,(H,17,18). The first-order valence-corrected chi connectivity index (χ1v) is 7.46. The number of aromatic nitrogens is 2. The first-order chi connectivity index (χ1) is 9.25. The quantitative estimate of drug-likeness (QED) is 0.901. The van der Waals surface area contributed by atoms with Gasteiger partial charge in [-0.1, -0.05) is 6.07 Å². The summed E-state index contributed by atoms with van der Waals surface area (Å²) in [6, 6.07) is 5.78. The summed E-state index contributed by atoms with van der Waals surface area (Å²) in [7, 11) is 0. The Balaban J connectivity index is 1.97. The van der Waals surface area contributed by atoms with Gasteiger partial charge in [0.2, 0.25) is 0 Å². The molecular weight excluding hydrogens is 262 g/mol. The number of carbonyl (C=O) groups is 1. The molecule has 2 aromatic rings. The van der Waals surface area contributed by atoms with E-state index in [0.29, 0.717) is 17.5 Å². The average molecular weight is 277 g/mol. The summed E-state index contributed by atoms with van der Waals surface area (Å²) in [6.07, 6.45) is 3.96. The Morgan fingerprint density at radius 3 is 3.16 bits per heavy atom. The van der Waals surface area contributed by atoms with Gasteiger partial charge in [0.1, 0.15) is 5.65 Å². The highest BCUT2D eigenvalue weighted by Gasteiger charge is 2.22. The highest BCUT2D eigenvalue weighted by molar-refractivity contribution is 7.99. The summed E-state index contributed by atoms with van der Waals surface area (Å²) in [5.41, 5.74) is 0.872. The molecule has 2 N–H and O–H groups in total. The molecular formula is C13H15N3O2S. The summed E-state index contributed by atoms with van der Waals surface area (Å²) in [5.74, 6) is 1.72. The SMILES string of the molecule is O=C(O)c1c(NC2CCCSC2)nc2ccccn12. The van der Waals surface area contributed by atoms with Crippen LogP contribution in [0, 0.1) is 0 Å². The third kappa shape index (κ3) is 2.40. The maximum Gasteiger partial charge on any atom is 0.356 e. The Morgan fingerprint density at radius 1 is 1.53 bits per heavy atom. The zero-order valence-electron chi connectivity index (χ0n) is 10.4. The fraction of sp³-hybridized carbons (Fsp3) is 0.385. The summed E-state index contributed by atoms with van der Waals surface area (Å²) in [4.78, 5) is 15.8. The Hall–Kier alpha value is -1.69. The van der Waals surface area contributed by atoms with Gasteiger partial charge in [-0.05, 0) is 30.7 Å². The lowest BCUT2D eigenvalue weighted by Gasteiger charge is -2.22. The van der Waals surface area contributed by atoms with Crippen molar-refractivity contribution >= 4 is 29.2 Å². The number of imidazole rings is 1. The average Bonchev–Trinajstić information content (AvgIpc) is 2.77. The second-order valence-corrected chi connectivity index (χ2v) is 5.75. The maximum atomic E-state index is 11.4. The van der Waals surface area contributed by atoms with E-state index in [1.165, 1.54) is 5.75 Å². The van der Waals surface area contributed by atoms with Crippen LogP contribution >= 0.6 is 11.8 Å². The molecule has 1 unspecified atom stereocenters. The Labute approximate surface area is 115 Å². The van der Waals surface area contributed by atoms with Crippen molar-refractivity contribution in [3.63, 3.8) is 0 Å². The van der Waals surface area contributed by atoms with Gasteiger partial charge in [0.05, 0.1) is 0 Å². The van der Waals surface area contributed by atoms with Crippen molar-refractivity contribution in [2.24, 2.45) is 0 Å². The molecule has 0 aliphatic carbocycles. The van der Waals surface area contributed by atoms with Crippen molar-refractivity contribution in [3.05, 3.63) is 30.1 Å². The lowest BCUT2D eigenvalue weighted by molar-refractivity contribution is 0.0690. The fourth-order valence-electron chi connectivity index (χ4n) is 2.35. The normalized spacial score (nSPS) is 19.5. The van der Waals surface area contributed by atoms with Gasteiger partial charge in [0.25, 0.3) is 0 Å². The van der Waals surface area contributed by atoms with Gasteiger partial charge in [0, 0.05) is 18.0 Å². The van der Waals surface area contributed by atoms with Crippen LogP contribution in [0.15, 0.2) is 24.4 Å². The molecule has 1 aliphatic heterocycles. The van der Waals surface area contributed by atoms with Crippen molar-refractivity contribution in [2.75, 3.05) is 16.8 Å². The monoisotopic (exact) mass is 277 g/mol. The Bertz CT molecular complexity index is 605. The Kier molecular flexibility index (Phi) is 3.33. The number of rotatable bonds is 3. The first-order valence-electron chi connectivity index (χ1n) is 6.30. The molecule has 100 valence electrons. The number of hydrogen-bond donors (Lipinski definition) is 2. The summed E-state index contributed by atoms with van der Waals surface area (Å²) < 4.78 is 1.61. The molecule has 1 fully saturated rings. The van der Waals surface area contributed by atoms with Gasteiger partial charge < -0.3 is 10.4 Å². The number of nitrogens with zero attached hydrogens (tertiary/aromatic N) is 2. The van der Waals surface area contributed by atoms with Gasteiger partial charge in [-0.2, -0.15) is 11.8 Å². The van der Waals surface area contributed by atoms with E-state index in [1.54, 1.807) is 16.7 Å². The molecule has 0 saturated carbocycles. The van der Waals surface area contributed by atoms with Gasteiger partial charge in [0.15, 0.2) is 11.5 Å². The van der Waals surface area contributed by atoms with Crippen LogP contribution in [-0.4, -0.2) is 38.0 Å². The van der Waals surface area contributed by atoms with Crippen molar-refractivity contribution in [3.8, 4) is 0 Å². The van der Waals surface area contributed by atoms with Crippen LogP contribution in [0.25, 0.3) is 5.65 Å². The molecule has 0 bridgehead atoms. The van der Waals surface area contributed by atoms with Crippen LogP contribution < -0.4 is 5.32 Å². The molecule has 1 saturated heterocycles. The molecule has 0 radical (unpaired) electrons. The number of carboxylic acids is 1. The first kappa shape index (κ1) is 12.3. The number of thioether (sulfide) groups is 1. The smallest absolute Gasteiger partial charge is 0.356 e. The predicted molar refractivity (Wildman–Crippen MR) is 76.1 cm³/mol. The van der Waals surface area contributed by atoms with E-state index >= 15 is 0 Å². The zero-order chi connectivity index (χ0) is 13.2. The molecule has 0 aromatic carbocycles. The number of hydrogen-bond acceptors (Lipinski definition) is 4. The van der Waals surface area contributed by atoms with Gasteiger partial charge in [-0.15, -0.1) is 0 Å². The highest BCUT2D eigenvalue weighted by atomic mass is 32.2. The van der Waals surface area contributed by atoms with Crippen LogP contribution in [-0.2, 0) is 0 Å². The van der Waals surface area contributed by atoms with Crippen LogP contribution in [0.4, 0.5) is 5.82 Å². The minimum absolute atomic E-state index is 0.214. The molecule has 2 aromatic heterocycles. The fourth-order valence-corrected chi connectivity index (χ4v) is 3.42. The molecule has 19 heavy (non-hydrogen) atoms. The lowest BCUT2D eigenvalue weighted by Crippen LogP contribution is -2.26. The second kappa shape index (κ2) is 5.13. The molecule has 0 spiro atoms. The summed E-state index contributed by atoms with van der Waals surface area (Å²) in [6.45, 7) is 0. The third-order valence-corrected chi connectivity index (χ3v) is 4.45. The zero-order valence-corrected chi connectivity index (χ0v) is 11.2. The summed E-state index contributed by atoms with van der Waals surface area (Å²) >= 11 is 1.90. The lowest BCUT2D eigenvalue weighted by atomic mass is 10.2. The molecule has 6 heteroatoms. The highest BCUT2D eigenvalue weighted by Crippen LogP contribution is 2.23. The maximum absolute atomic E-state index is 11.4.